The first-order valence-electron chi connectivity index (χ1n) is 12.0. The Balaban J connectivity index is 1.37. The van der Waals surface area contributed by atoms with E-state index in [0.29, 0.717) is 19.1 Å². The molecule has 0 spiro atoms. The molecule has 0 atom stereocenters. The maximum Gasteiger partial charge on any atom is 0.317 e. The summed E-state index contributed by atoms with van der Waals surface area (Å²) in [6.07, 6.45) is 4.71. The molecular weight excluding hydrogens is 453 g/mol. The second kappa shape index (κ2) is 9.05. The van der Waals surface area contributed by atoms with E-state index < -0.39 is 0 Å². The van der Waals surface area contributed by atoms with Crippen LogP contribution < -0.4 is 15.5 Å². The van der Waals surface area contributed by atoms with Gasteiger partial charge >= 0.3 is 6.03 Å². The van der Waals surface area contributed by atoms with Crippen LogP contribution in [-0.2, 0) is 0 Å². The lowest BCUT2D eigenvalue weighted by atomic mass is 10.1. The molecule has 1 aliphatic carbocycles. The second-order valence-corrected chi connectivity index (χ2v) is 11.1. The number of hydrogen-bond acceptors (Lipinski definition) is 6. The van der Waals surface area contributed by atoms with Gasteiger partial charge in [-0.3, -0.25) is 0 Å². The van der Waals surface area contributed by atoms with Crippen LogP contribution in [0.5, 0.6) is 0 Å². The predicted octanol–water partition coefficient (Wildman–Crippen LogP) is 4.58. The Morgan fingerprint density at radius 1 is 1.09 bits per heavy atom. The van der Waals surface area contributed by atoms with Gasteiger partial charge in [0.2, 0.25) is 10.1 Å². The van der Waals surface area contributed by atoms with Crippen LogP contribution in [0, 0.1) is 5.82 Å². The molecule has 34 heavy (non-hydrogen) atoms. The Labute approximate surface area is 203 Å². The molecule has 3 heterocycles. The van der Waals surface area contributed by atoms with Crippen molar-refractivity contribution in [3.8, 4) is 11.3 Å². The largest absolute Gasteiger partial charge is 0.365 e. The number of anilines is 2. The number of aromatic nitrogens is 3. The molecule has 1 saturated heterocycles. The number of urea groups is 1. The second-order valence-electron chi connectivity index (χ2n) is 10.2. The summed E-state index contributed by atoms with van der Waals surface area (Å²) in [7, 11) is 0. The zero-order valence-corrected chi connectivity index (χ0v) is 20.8. The lowest BCUT2D eigenvalue weighted by Gasteiger charge is -2.36. The van der Waals surface area contributed by atoms with Crippen molar-refractivity contribution >= 4 is 33.3 Å². The van der Waals surface area contributed by atoms with Gasteiger partial charge in [0, 0.05) is 43.3 Å². The summed E-state index contributed by atoms with van der Waals surface area (Å²) in [5.41, 5.74) is 1.43. The fraction of sp³-hybridized carbons (Fsp3) is 0.542. The smallest absolute Gasteiger partial charge is 0.317 e. The zero-order valence-electron chi connectivity index (χ0n) is 20.0. The lowest BCUT2D eigenvalue weighted by Crippen LogP contribution is -2.55. The molecule has 8 nitrogen and oxygen atoms in total. The quantitative estimate of drug-likeness (QED) is 0.566. The molecule has 3 aromatic rings. The highest BCUT2D eigenvalue weighted by Crippen LogP contribution is 2.35. The fourth-order valence-corrected chi connectivity index (χ4v) is 5.52. The van der Waals surface area contributed by atoms with Crippen molar-refractivity contribution in [1.82, 2.24) is 24.8 Å². The predicted molar refractivity (Wildman–Crippen MR) is 134 cm³/mol. The lowest BCUT2D eigenvalue weighted by molar-refractivity contribution is 0.185. The molecule has 1 saturated carbocycles. The van der Waals surface area contributed by atoms with Crippen LogP contribution in [0.15, 0.2) is 24.3 Å². The molecule has 0 bridgehead atoms. The van der Waals surface area contributed by atoms with Crippen molar-refractivity contribution in [2.75, 3.05) is 36.4 Å². The number of nitrogens with zero attached hydrogens (tertiary/aromatic N) is 5. The molecule has 0 radical (unpaired) electrons. The van der Waals surface area contributed by atoms with E-state index in [1.54, 1.807) is 23.5 Å². The van der Waals surface area contributed by atoms with Crippen LogP contribution in [0.3, 0.4) is 0 Å². The van der Waals surface area contributed by atoms with Crippen molar-refractivity contribution in [1.29, 1.82) is 0 Å². The van der Waals surface area contributed by atoms with Gasteiger partial charge in [-0.25, -0.2) is 14.2 Å². The van der Waals surface area contributed by atoms with Crippen LogP contribution in [0.1, 0.15) is 46.5 Å². The third kappa shape index (κ3) is 4.82. The molecule has 2 N–H and O–H groups in total. The number of rotatable bonds is 4. The average molecular weight is 486 g/mol. The van der Waals surface area contributed by atoms with Crippen molar-refractivity contribution in [3.05, 3.63) is 30.1 Å². The number of carbonyl (C=O) groups excluding carboxylic acids is 1. The van der Waals surface area contributed by atoms with Crippen LogP contribution in [-0.4, -0.2) is 63.3 Å². The fourth-order valence-electron chi connectivity index (χ4n) is 4.57. The molecule has 1 aliphatic heterocycles. The molecule has 2 amide bonds. The van der Waals surface area contributed by atoms with Crippen LogP contribution in [0.25, 0.3) is 16.2 Å². The number of nitrogens with one attached hydrogen (secondary N) is 2. The minimum absolute atomic E-state index is 0.0203. The molecule has 5 rings (SSSR count). The van der Waals surface area contributed by atoms with Crippen molar-refractivity contribution in [3.63, 3.8) is 0 Å². The number of carbonyl (C=O) groups is 1. The minimum atomic E-state index is -0.259. The summed E-state index contributed by atoms with van der Waals surface area (Å²) in [5.74, 6) is 0.616. The van der Waals surface area contributed by atoms with Crippen molar-refractivity contribution in [2.45, 2.75) is 58.0 Å². The van der Waals surface area contributed by atoms with Gasteiger partial charge in [0.15, 0.2) is 5.82 Å². The van der Waals surface area contributed by atoms with E-state index in [9.17, 15) is 9.18 Å². The molecule has 2 aliphatic rings. The number of halogens is 1. The summed E-state index contributed by atoms with van der Waals surface area (Å²) >= 11 is 1.55. The maximum absolute atomic E-state index is 13.5. The number of imidazole rings is 1. The van der Waals surface area contributed by atoms with E-state index in [1.165, 1.54) is 25.0 Å². The van der Waals surface area contributed by atoms with E-state index >= 15 is 0 Å². The molecule has 10 heteroatoms. The van der Waals surface area contributed by atoms with E-state index in [2.05, 4.69) is 15.5 Å². The SMILES string of the molecule is CC(C)(C)NC(=O)N1CCN(c2nn3c(NC4CCCC4)c(-c4ccc(F)cc4)nc3s2)CC1. The summed E-state index contributed by atoms with van der Waals surface area (Å²) in [5, 5.41) is 12.5. The summed E-state index contributed by atoms with van der Waals surface area (Å²) in [6, 6.07) is 6.85. The summed E-state index contributed by atoms with van der Waals surface area (Å²) < 4.78 is 15.4. The number of benzene rings is 1. The normalized spacial score (nSPS) is 17.5. The highest BCUT2D eigenvalue weighted by atomic mass is 32.1. The van der Waals surface area contributed by atoms with Crippen molar-refractivity contribution < 1.29 is 9.18 Å². The Hall–Kier alpha value is -2.88. The van der Waals surface area contributed by atoms with E-state index in [0.717, 1.165) is 53.1 Å². The first-order valence-corrected chi connectivity index (χ1v) is 12.8. The van der Waals surface area contributed by atoms with Gasteiger partial charge in [-0.2, -0.15) is 4.52 Å². The minimum Gasteiger partial charge on any atom is -0.365 e. The van der Waals surface area contributed by atoms with Gasteiger partial charge in [-0.05, 0) is 57.9 Å². The molecule has 0 unspecified atom stereocenters. The van der Waals surface area contributed by atoms with E-state index in [1.807, 2.05) is 30.2 Å². The first-order chi connectivity index (χ1) is 16.3. The third-order valence-corrected chi connectivity index (χ3v) is 7.30. The third-order valence-electron chi connectivity index (χ3n) is 6.33. The highest BCUT2D eigenvalue weighted by Gasteiger charge is 2.28. The molecule has 1 aromatic carbocycles. The van der Waals surface area contributed by atoms with Gasteiger partial charge in [-0.15, -0.1) is 5.10 Å². The Morgan fingerprint density at radius 3 is 2.41 bits per heavy atom. The number of piperazine rings is 1. The molecule has 2 fully saturated rings. The van der Waals surface area contributed by atoms with Gasteiger partial charge < -0.3 is 20.4 Å². The van der Waals surface area contributed by atoms with Gasteiger partial charge in [0.1, 0.15) is 11.5 Å². The first kappa shape index (κ1) is 22.9. The number of amides is 2. The number of fused-ring (bicyclic) bond motifs is 1. The van der Waals surface area contributed by atoms with Gasteiger partial charge in [0.25, 0.3) is 0 Å². The molecule has 182 valence electrons. The summed E-state index contributed by atoms with van der Waals surface area (Å²) in [4.78, 5) is 22.3. The van der Waals surface area contributed by atoms with Crippen LogP contribution >= 0.6 is 11.3 Å². The topological polar surface area (TPSA) is 77.8 Å². The zero-order chi connectivity index (χ0) is 23.9. The van der Waals surface area contributed by atoms with E-state index in [4.69, 9.17) is 10.1 Å². The number of hydrogen-bond donors (Lipinski definition) is 2. The maximum atomic E-state index is 13.5. The van der Waals surface area contributed by atoms with Crippen LogP contribution in [0.2, 0.25) is 0 Å². The summed E-state index contributed by atoms with van der Waals surface area (Å²) in [6.45, 7) is 8.72. The molecular formula is C24H32FN7OS. The molecule has 2 aromatic heterocycles. The van der Waals surface area contributed by atoms with Crippen molar-refractivity contribution in [2.24, 2.45) is 0 Å². The van der Waals surface area contributed by atoms with E-state index in [-0.39, 0.29) is 17.4 Å². The van der Waals surface area contributed by atoms with Crippen LogP contribution in [0.4, 0.5) is 20.1 Å². The monoisotopic (exact) mass is 485 g/mol. The van der Waals surface area contributed by atoms with Gasteiger partial charge in [0.05, 0.1) is 0 Å². The Kier molecular flexibility index (Phi) is 6.09. The average Bonchev–Trinajstić information content (AvgIpc) is 3.51. The van der Waals surface area contributed by atoms with Gasteiger partial charge in [-0.1, -0.05) is 24.2 Å². The Morgan fingerprint density at radius 2 is 1.76 bits per heavy atom. The highest BCUT2D eigenvalue weighted by molar-refractivity contribution is 7.20. The Bertz CT molecular complexity index is 1150. The standard InChI is InChI=1S/C24H32FN7OS/c1-24(2,3)28-21(33)30-12-14-31(15-13-30)23-29-32-20(26-18-6-4-5-7-18)19(27-22(32)34-23)16-8-10-17(25)11-9-16/h8-11,18,26H,4-7,12-15H2,1-3H3,(H,28,33).